The zero-order valence-corrected chi connectivity index (χ0v) is 8.03. The highest BCUT2D eigenvalue weighted by Crippen LogP contribution is 1.88. The minimum atomic E-state index is -0.972. The summed E-state index contributed by atoms with van der Waals surface area (Å²) in [6.07, 6.45) is 0. The number of nitrogens with one attached hydrogen (secondary N) is 1. The van der Waals surface area contributed by atoms with Gasteiger partial charge in [-0.2, -0.15) is 0 Å². The van der Waals surface area contributed by atoms with E-state index < -0.39 is 7.05 Å². The van der Waals surface area contributed by atoms with E-state index in [1.165, 1.54) is 0 Å². The molecular weight excluding hydrogens is 177 g/mol. The van der Waals surface area contributed by atoms with Crippen LogP contribution in [-0.2, 0) is 4.79 Å². The van der Waals surface area contributed by atoms with Gasteiger partial charge in [0.15, 0.2) is 0 Å². The molecule has 4 heteroatoms. The van der Waals surface area contributed by atoms with Gasteiger partial charge in [-0.3, -0.25) is 4.79 Å². The Kier molecular flexibility index (Phi) is 3.48. The lowest BCUT2D eigenvalue weighted by molar-refractivity contribution is -0.116. The Hall–Kier alpha value is -1.55. The third kappa shape index (κ3) is 2.74. The van der Waals surface area contributed by atoms with E-state index >= 15 is 0 Å². The number of rotatable bonds is 3. The van der Waals surface area contributed by atoms with Gasteiger partial charge in [0.1, 0.15) is 0 Å². The van der Waals surface area contributed by atoms with E-state index in [9.17, 15) is 9.82 Å². The van der Waals surface area contributed by atoms with Crippen molar-refractivity contribution in [1.29, 1.82) is 0 Å². The first-order valence-electron chi connectivity index (χ1n) is 4.30. The van der Waals surface area contributed by atoms with E-state index in [1.807, 2.05) is 6.07 Å². The maximum absolute atomic E-state index is 11.2. The first kappa shape index (κ1) is 10.5. The van der Waals surface area contributed by atoms with Gasteiger partial charge in [-0.1, -0.05) is 36.9 Å². The first-order chi connectivity index (χ1) is 6.61. The molecule has 0 unspecified atom stereocenters. The third-order valence-electron chi connectivity index (χ3n) is 1.77. The average molecular weight is 189 g/mol. The summed E-state index contributed by atoms with van der Waals surface area (Å²) in [4.78, 5) is 11.2. The second kappa shape index (κ2) is 4.62. The molecule has 0 heterocycles. The lowest BCUT2D eigenvalue weighted by Crippen LogP contribution is -2.48. The van der Waals surface area contributed by atoms with Crippen molar-refractivity contribution in [3.8, 4) is 0 Å². The Morgan fingerprint density at radius 2 is 2.00 bits per heavy atom. The molecule has 0 spiro atoms. The van der Waals surface area contributed by atoms with Gasteiger partial charge in [-0.25, -0.2) is 0 Å². The van der Waals surface area contributed by atoms with Gasteiger partial charge in [0.2, 0.25) is 5.91 Å². The Labute approximate surface area is 83.6 Å². The number of benzene rings is 1. The highest BCUT2D eigenvalue weighted by Gasteiger charge is 2.17. The minimum absolute atomic E-state index is 0.346. The van der Waals surface area contributed by atoms with Crippen LogP contribution in [0.1, 0.15) is 6.92 Å². The second-order valence-corrected chi connectivity index (χ2v) is 3.07. The number of hydrogen-bond donors (Lipinski definition) is 2. The van der Waals surface area contributed by atoms with Crippen molar-refractivity contribution >= 4 is 18.4 Å². The molecule has 1 amide bonds. The van der Waals surface area contributed by atoms with Crippen molar-refractivity contribution in [2.45, 2.75) is 6.92 Å². The Balaban J connectivity index is 2.64. The second-order valence-electron chi connectivity index (χ2n) is 3.07. The molecule has 0 aromatic heterocycles. The molecule has 0 radical (unpaired) electrons. The van der Waals surface area contributed by atoms with Crippen molar-refractivity contribution in [1.82, 2.24) is 5.23 Å². The highest BCUT2D eigenvalue weighted by atomic mass is 16.2. The maximum Gasteiger partial charge on any atom is 0.449 e. The SMILES string of the molecule is C=C(C)C(=O)NB(O)c1ccccc1. The maximum atomic E-state index is 11.2. The lowest BCUT2D eigenvalue weighted by Gasteiger charge is -2.08. The van der Waals surface area contributed by atoms with Crippen LogP contribution in [0.5, 0.6) is 0 Å². The normalized spacial score (nSPS) is 9.29. The molecule has 0 aliphatic rings. The van der Waals surface area contributed by atoms with Crippen molar-refractivity contribution in [2.24, 2.45) is 0 Å². The van der Waals surface area contributed by atoms with Crippen LogP contribution in [0.4, 0.5) is 0 Å². The molecule has 0 atom stereocenters. The summed E-state index contributed by atoms with van der Waals surface area (Å²) in [5.41, 5.74) is 1.03. The molecule has 1 aromatic rings. The molecule has 0 saturated carbocycles. The summed E-state index contributed by atoms with van der Waals surface area (Å²) < 4.78 is 0. The summed E-state index contributed by atoms with van der Waals surface area (Å²) >= 11 is 0. The van der Waals surface area contributed by atoms with Crippen LogP contribution < -0.4 is 10.7 Å². The standard InChI is InChI=1S/C10H12BNO2/c1-8(2)10(13)12-11(14)9-6-4-3-5-7-9/h3-7,14H,1H2,2H3,(H,12,13). The van der Waals surface area contributed by atoms with Crippen LogP contribution in [0, 0.1) is 0 Å². The van der Waals surface area contributed by atoms with Crippen molar-refractivity contribution in [3.63, 3.8) is 0 Å². The van der Waals surface area contributed by atoms with Crippen molar-refractivity contribution < 1.29 is 9.82 Å². The first-order valence-corrected chi connectivity index (χ1v) is 4.30. The van der Waals surface area contributed by atoms with Crippen LogP contribution in [0.3, 0.4) is 0 Å². The Bertz CT molecular complexity index is 337. The van der Waals surface area contributed by atoms with Crippen LogP contribution in [0.15, 0.2) is 42.5 Å². The monoisotopic (exact) mass is 189 g/mol. The van der Waals surface area contributed by atoms with E-state index in [1.54, 1.807) is 31.2 Å². The summed E-state index contributed by atoms with van der Waals surface area (Å²) in [6.45, 7) is 5.07. The van der Waals surface area contributed by atoms with Crippen molar-refractivity contribution in [2.75, 3.05) is 0 Å². The quantitative estimate of drug-likeness (QED) is 0.522. The number of amides is 1. The van der Waals surface area contributed by atoms with Gasteiger partial charge in [0.25, 0.3) is 0 Å². The molecule has 0 bridgehead atoms. The molecule has 0 aliphatic heterocycles. The molecule has 1 aromatic carbocycles. The molecular formula is C10H12BNO2. The van der Waals surface area contributed by atoms with Gasteiger partial charge in [0, 0.05) is 5.57 Å². The lowest BCUT2D eigenvalue weighted by atomic mass is 9.74. The largest absolute Gasteiger partial charge is 0.449 e. The Morgan fingerprint density at radius 1 is 1.43 bits per heavy atom. The Morgan fingerprint density at radius 3 is 2.50 bits per heavy atom. The zero-order valence-electron chi connectivity index (χ0n) is 8.03. The van der Waals surface area contributed by atoms with E-state index in [0.29, 0.717) is 11.0 Å². The fraction of sp³-hybridized carbons (Fsp3) is 0.100. The third-order valence-corrected chi connectivity index (χ3v) is 1.77. The predicted molar refractivity (Wildman–Crippen MR) is 57.0 cm³/mol. The number of hydrogen-bond acceptors (Lipinski definition) is 2. The van der Waals surface area contributed by atoms with Gasteiger partial charge in [-0.15, -0.1) is 0 Å². The van der Waals surface area contributed by atoms with Crippen LogP contribution in [0.25, 0.3) is 0 Å². The molecule has 72 valence electrons. The summed E-state index contributed by atoms with van der Waals surface area (Å²) in [5, 5.41) is 12.0. The van der Waals surface area contributed by atoms with E-state index in [2.05, 4.69) is 11.8 Å². The van der Waals surface area contributed by atoms with Gasteiger partial charge >= 0.3 is 7.05 Å². The molecule has 14 heavy (non-hydrogen) atoms. The predicted octanol–water partition coefficient (Wildman–Crippen LogP) is 0.0664. The fourth-order valence-corrected chi connectivity index (χ4v) is 0.966. The minimum Gasteiger partial charge on any atom is -0.429 e. The molecule has 2 N–H and O–H groups in total. The van der Waals surface area contributed by atoms with E-state index in [0.717, 1.165) is 0 Å². The van der Waals surface area contributed by atoms with Crippen LogP contribution >= 0.6 is 0 Å². The van der Waals surface area contributed by atoms with E-state index in [-0.39, 0.29) is 5.91 Å². The smallest absolute Gasteiger partial charge is 0.429 e. The zero-order chi connectivity index (χ0) is 10.6. The highest BCUT2D eigenvalue weighted by molar-refractivity contribution is 6.66. The van der Waals surface area contributed by atoms with Gasteiger partial charge in [-0.05, 0) is 12.4 Å². The van der Waals surface area contributed by atoms with Gasteiger partial charge in [0.05, 0.1) is 0 Å². The van der Waals surface area contributed by atoms with Crippen LogP contribution in [0.2, 0.25) is 0 Å². The molecule has 0 saturated heterocycles. The molecule has 0 fully saturated rings. The summed E-state index contributed by atoms with van der Waals surface area (Å²) in [6, 6.07) is 8.92. The van der Waals surface area contributed by atoms with Crippen molar-refractivity contribution in [3.05, 3.63) is 42.5 Å². The summed E-state index contributed by atoms with van der Waals surface area (Å²) in [5.74, 6) is -0.346. The summed E-state index contributed by atoms with van der Waals surface area (Å²) in [7, 11) is -0.972. The number of carbonyl (C=O) groups excluding carboxylic acids is 1. The average Bonchev–Trinajstić information content (AvgIpc) is 2.19. The van der Waals surface area contributed by atoms with E-state index in [4.69, 9.17) is 0 Å². The molecule has 0 aliphatic carbocycles. The number of carbonyl (C=O) groups is 1. The molecule has 3 nitrogen and oxygen atoms in total. The molecule has 1 rings (SSSR count). The van der Waals surface area contributed by atoms with Crippen LogP contribution in [-0.4, -0.2) is 18.0 Å². The topological polar surface area (TPSA) is 49.3 Å². The van der Waals surface area contributed by atoms with Gasteiger partial charge < -0.3 is 10.3 Å². The fourth-order valence-electron chi connectivity index (χ4n) is 0.966.